The van der Waals surface area contributed by atoms with Gasteiger partial charge in [-0.1, -0.05) is 12.1 Å². The first kappa shape index (κ1) is 37.0. The maximum atomic E-state index is 13.2. The number of rotatable bonds is 17. The summed E-state index contributed by atoms with van der Waals surface area (Å²) in [5, 5.41) is 23.7. The molecule has 0 aliphatic carbocycles. The fraction of sp³-hybridized carbons (Fsp3) is 0.481. The third-order valence-corrected chi connectivity index (χ3v) is 5.98. The summed E-state index contributed by atoms with van der Waals surface area (Å²) in [7, 11) is 0. The van der Waals surface area contributed by atoms with Crippen molar-refractivity contribution in [3.8, 4) is 5.75 Å². The van der Waals surface area contributed by atoms with Crippen LogP contribution >= 0.6 is 0 Å². The molecule has 0 unspecified atom stereocenters. The van der Waals surface area contributed by atoms with Gasteiger partial charge in [0.05, 0.1) is 25.0 Å². The molecule has 0 saturated carbocycles. The Morgan fingerprint density at radius 1 is 0.750 bits per heavy atom. The lowest BCUT2D eigenvalue weighted by molar-refractivity contribution is -0.135. The first-order valence-electron chi connectivity index (χ1n) is 13.6. The number of aromatic hydroxyl groups is 1. The topological polar surface area (TPSA) is 281 Å². The number of hydrogen-bond donors (Lipinski definition) is 9. The minimum Gasteiger partial charge on any atom is -0.508 e. The Balaban J connectivity index is 2.97. The predicted molar refractivity (Wildman–Crippen MR) is 155 cm³/mol. The van der Waals surface area contributed by atoms with Crippen LogP contribution in [0, 0.1) is 0 Å². The second-order valence-corrected chi connectivity index (χ2v) is 10.1. The van der Waals surface area contributed by atoms with Crippen molar-refractivity contribution in [1.82, 2.24) is 31.9 Å². The molecule has 0 radical (unpaired) electrons. The van der Waals surface area contributed by atoms with Crippen molar-refractivity contribution in [1.29, 1.82) is 0 Å². The third-order valence-electron chi connectivity index (χ3n) is 5.98. The third kappa shape index (κ3) is 13.3. The fourth-order valence-electron chi connectivity index (χ4n) is 3.50. The van der Waals surface area contributed by atoms with Crippen LogP contribution in [-0.2, 0) is 44.8 Å². The summed E-state index contributed by atoms with van der Waals surface area (Å²) in [4.78, 5) is 97.5. The number of hydrogen-bond acceptors (Lipinski definition) is 10. The van der Waals surface area contributed by atoms with E-state index in [1.54, 1.807) is 0 Å². The average molecular weight is 621 g/mol. The molecule has 242 valence electrons. The van der Waals surface area contributed by atoms with Crippen LogP contribution < -0.4 is 43.4 Å². The Hall–Kier alpha value is -5.06. The minimum absolute atomic E-state index is 0.0252. The molecule has 0 bridgehead atoms. The van der Waals surface area contributed by atoms with Gasteiger partial charge in [-0.15, -0.1) is 0 Å². The molecule has 17 heteroatoms. The van der Waals surface area contributed by atoms with Crippen LogP contribution in [0.25, 0.3) is 0 Å². The number of carbonyl (C=O) groups is 8. The molecular weight excluding hydrogens is 580 g/mol. The highest BCUT2D eigenvalue weighted by Gasteiger charge is 2.30. The van der Waals surface area contributed by atoms with Crippen molar-refractivity contribution in [2.45, 2.75) is 76.8 Å². The molecule has 1 rings (SSSR count). The predicted octanol–water partition coefficient (Wildman–Crippen LogP) is -4.04. The van der Waals surface area contributed by atoms with Gasteiger partial charge in [-0.3, -0.25) is 33.6 Å². The standard InChI is InChI=1S/C27H40N8O9/c1-13(12-36)31-24(41)15(3)32-27(44)20(10-21(29)38)35-25(42)16(4)33-26(43)19(9-17-5-7-18(37)8-6-17)34-22(39)11-30-23(40)14(2)28/h5-8,12-16,19-20,37H,9-11,28H2,1-4H3,(H2,29,38)(H,30,40)(H,31,41)(H,32,44)(H,33,43)(H,34,39)(H,35,42)/t13-,14-,15-,16-,19-,20-/m0/s1. The van der Waals surface area contributed by atoms with Crippen molar-refractivity contribution >= 4 is 47.6 Å². The highest BCUT2D eigenvalue weighted by molar-refractivity contribution is 5.97. The molecule has 17 nitrogen and oxygen atoms in total. The highest BCUT2D eigenvalue weighted by atomic mass is 16.3. The summed E-state index contributed by atoms with van der Waals surface area (Å²) in [6.45, 7) is 4.97. The monoisotopic (exact) mass is 620 g/mol. The molecule has 1 aromatic carbocycles. The lowest BCUT2D eigenvalue weighted by Gasteiger charge is -2.24. The summed E-state index contributed by atoms with van der Waals surface area (Å²) >= 11 is 0. The van der Waals surface area contributed by atoms with E-state index in [4.69, 9.17) is 11.5 Å². The van der Waals surface area contributed by atoms with E-state index in [0.717, 1.165) is 0 Å². The van der Waals surface area contributed by atoms with Gasteiger partial charge < -0.3 is 53.3 Å². The molecule has 44 heavy (non-hydrogen) atoms. The number of benzene rings is 1. The number of carbonyl (C=O) groups excluding carboxylic acids is 8. The normalized spacial score (nSPS) is 14.7. The molecule has 6 atom stereocenters. The summed E-state index contributed by atoms with van der Waals surface area (Å²) < 4.78 is 0. The van der Waals surface area contributed by atoms with Crippen LogP contribution in [0.1, 0.15) is 39.7 Å². The summed E-state index contributed by atoms with van der Waals surface area (Å²) in [6.07, 6.45) is -0.216. The van der Waals surface area contributed by atoms with E-state index in [-0.39, 0.29) is 12.2 Å². The van der Waals surface area contributed by atoms with Crippen LogP contribution in [0.2, 0.25) is 0 Å². The van der Waals surface area contributed by atoms with Crippen molar-refractivity contribution in [2.24, 2.45) is 11.5 Å². The van der Waals surface area contributed by atoms with Gasteiger partial charge in [0.1, 0.15) is 36.2 Å². The first-order chi connectivity index (χ1) is 20.5. The van der Waals surface area contributed by atoms with Gasteiger partial charge in [-0.05, 0) is 45.4 Å². The van der Waals surface area contributed by atoms with E-state index in [0.29, 0.717) is 11.8 Å². The highest BCUT2D eigenvalue weighted by Crippen LogP contribution is 2.11. The van der Waals surface area contributed by atoms with E-state index in [1.807, 2.05) is 0 Å². The van der Waals surface area contributed by atoms with Crippen molar-refractivity contribution in [3.63, 3.8) is 0 Å². The molecule has 11 N–H and O–H groups in total. The van der Waals surface area contributed by atoms with Gasteiger partial charge in [-0.25, -0.2) is 0 Å². The maximum absolute atomic E-state index is 13.2. The number of phenols is 1. The Morgan fingerprint density at radius 3 is 1.77 bits per heavy atom. The van der Waals surface area contributed by atoms with Gasteiger partial charge in [0.25, 0.3) is 0 Å². The summed E-state index contributed by atoms with van der Waals surface area (Å²) in [5.74, 6) is -5.61. The Bertz CT molecular complexity index is 1220. The van der Waals surface area contributed by atoms with Crippen molar-refractivity contribution < 1.29 is 43.5 Å². The Morgan fingerprint density at radius 2 is 1.27 bits per heavy atom. The molecular formula is C27H40N8O9. The lowest BCUT2D eigenvalue weighted by Crippen LogP contribution is -2.58. The SMILES string of the molecule is C[C@H](N)C(=O)NCC(=O)N[C@@H](Cc1ccc(O)cc1)C(=O)N[C@@H](C)C(=O)N[C@@H](CC(N)=O)C(=O)N[C@@H](C)C(=O)N[C@@H](C)C=O. The zero-order valence-corrected chi connectivity index (χ0v) is 24.8. The van der Waals surface area contributed by atoms with E-state index in [2.05, 4.69) is 31.9 Å². The van der Waals surface area contributed by atoms with Gasteiger partial charge in [0.2, 0.25) is 41.4 Å². The van der Waals surface area contributed by atoms with Gasteiger partial charge in [-0.2, -0.15) is 0 Å². The largest absolute Gasteiger partial charge is 0.508 e. The van der Waals surface area contributed by atoms with E-state index in [1.165, 1.54) is 52.0 Å². The molecule has 0 heterocycles. The summed E-state index contributed by atoms with van der Waals surface area (Å²) in [5.41, 5.74) is 11.2. The van der Waals surface area contributed by atoms with Gasteiger partial charge >= 0.3 is 0 Å². The van der Waals surface area contributed by atoms with Crippen LogP contribution in [0.3, 0.4) is 0 Å². The number of primary amides is 1. The average Bonchev–Trinajstić information content (AvgIpc) is 2.95. The van der Waals surface area contributed by atoms with Crippen LogP contribution in [0.5, 0.6) is 5.75 Å². The molecule has 0 aliphatic heterocycles. The molecule has 0 fully saturated rings. The number of nitrogens with two attached hydrogens (primary N) is 2. The molecule has 1 aromatic rings. The van der Waals surface area contributed by atoms with E-state index >= 15 is 0 Å². The van der Waals surface area contributed by atoms with Gasteiger partial charge in [0.15, 0.2) is 0 Å². The van der Waals surface area contributed by atoms with E-state index in [9.17, 15) is 43.5 Å². The van der Waals surface area contributed by atoms with Crippen LogP contribution in [-0.4, -0.2) is 95.5 Å². The zero-order valence-electron chi connectivity index (χ0n) is 24.8. The number of nitrogens with one attached hydrogen (secondary N) is 6. The van der Waals surface area contributed by atoms with Crippen LogP contribution in [0.4, 0.5) is 0 Å². The lowest BCUT2D eigenvalue weighted by atomic mass is 10.0. The zero-order chi connectivity index (χ0) is 33.6. The molecule has 0 aliphatic rings. The molecule has 0 saturated heterocycles. The van der Waals surface area contributed by atoms with Crippen LogP contribution in [0.15, 0.2) is 24.3 Å². The quantitative estimate of drug-likeness (QED) is 0.0760. The molecule has 0 aromatic heterocycles. The second-order valence-electron chi connectivity index (χ2n) is 10.1. The van der Waals surface area contributed by atoms with Crippen molar-refractivity contribution in [2.75, 3.05) is 6.54 Å². The number of phenolic OH excluding ortho intramolecular Hbond substituents is 1. The second kappa shape index (κ2) is 17.8. The Labute approximate surface area is 253 Å². The van der Waals surface area contributed by atoms with Crippen molar-refractivity contribution in [3.05, 3.63) is 29.8 Å². The van der Waals surface area contributed by atoms with E-state index < -0.39 is 90.6 Å². The fourth-order valence-corrected chi connectivity index (χ4v) is 3.50. The summed E-state index contributed by atoms with van der Waals surface area (Å²) in [6, 6.07) is -1.09. The van der Waals surface area contributed by atoms with Gasteiger partial charge in [0, 0.05) is 6.42 Å². The molecule has 0 spiro atoms. The number of aldehydes is 1. The Kier molecular flexibility index (Phi) is 14.9. The minimum atomic E-state index is -1.51. The first-order valence-corrected chi connectivity index (χ1v) is 13.6. The smallest absolute Gasteiger partial charge is 0.243 e. The molecule has 7 amide bonds. The maximum Gasteiger partial charge on any atom is 0.243 e. The number of amides is 7.